The van der Waals surface area contributed by atoms with Crippen molar-refractivity contribution in [1.29, 1.82) is 0 Å². The van der Waals surface area contributed by atoms with Gasteiger partial charge in [-0.1, -0.05) is 32.3 Å². The summed E-state index contributed by atoms with van der Waals surface area (Å²) < 4.78 is 17.6. The number of carbonyl (C=O) groups is 2. The topological polar surface area (TPSA) is 43.4 Å². The van der Waals surface area contributed by atoms with Crippen LogP contribution >= 0.6 is 0 Å². The summed E-state index contributed by atoms with van der Waals surface area (Å²) in [5.41, 5.74) is 2.29. The van der Waals surface area contributed by atoms with Crippen molar-refractivity contribution >= 4 is 12.6 Å². The van der Waals surface area contributed by atoms with Crippen molar-refractivity contribution in [3.63, 3.8) is 0 Å². The summed E-state index contributed by atoms with van der Waals surface area (Å²) >= 11 is 0. The van der Waals surface area contributed by atoms with Gasteiger partial charge in [0.1, 0.15) is 18.4 Å². The molecule has 0 radical (unpaired) electrons. The number of ether oxygens (including phenoxy) is 1. The zero-order chi connectivity index (χ0) is 19.5. The number of halogens is 1. The number of unbranched alkanes of at least 4 members (excludes halogenated alkanes) is 2. The summed E-state index contributed by atoms with van der Waals surface area (Å²) in [4.78, 5) is 19.1. The van der Waals surface area contributed by atoms with Gasteiger partial charge in [0.05, 0.1) is 0 Å². The van der Waals surface area contributed by atoms with E-state index in [0.717, 1.165) is 56.8 Å². The molecule has 0 aliphatic carbocycles. The monoisotopic (exact) mass is 354 g/mol. The second-order valence-corrected chi connectivity index (χ2v) is 5.81. The van der Waals surface area contributed by atoms with E-state index in [2.05, 4.69) is 11.7 Å². The molecule has 0 saturated heterocycles. The van der Waals surface area contributed by atoms with Crippen molar-refractivity contribution in [2.45, 2.75) is 66.2 Å². The lowest BCUT2D eigenvalue weighted by Gasteiger charge is -2.16. The molecule has 0 saturated carbocycles. The van der Waals surface area contributed by atoms with Crippen LogP contribution < -0.4 is 0 Å². The number of aryl methyl sites for hydroxylation is 1. The molecule has 0 heterocycles. The molecule has 0 aromatic heterocycles. The van der Waals surface area contributed by atoms with Crippen LogP contribution in [0.15, 0.2) is 18.2 Å². The summed E-state index contributed by atoms with van der Waals surface area (Å²) in [6.45, 7) is 8.39. The average Bonchev–Trinajstić information content (AvgIpc) is 2.60. The summed E-state index contributed by atoms with van der Waals surface area (Å²) in [5, 5.41) is 0. The van der Waals surface area contributed by atoms with Gasteiger partial charge < -0.3 is 14.3 Å². The zero-order valence-corrected chi connectivity index (χ0v) is 16.5. The first-order chi connectivity index (χ1) is 12.0. The number of hydrogen-bond acceptors (Lipinski definition) is 3. The standard InChI is InChI=1S/C16H23FO.C3H8O.C2H4O/c1-3-14(7-5-4-6-10-18)12-15-8-9-16(17)11-13(15)2;1-3-4-2;1-2-3/h8-11,14H,3-7,12H2,1-2H3;3H2,1-2H3;2H,1H3. The summed E-state index contributed by atoms with van der Waals surface area (Å²) in [5.74, 6) is 0.482. The fourth-order valence-corrected chi connectivity index (χ4v) is 2.31. The molecule has 4 heteroatoms. The van der Waals surface area contributed by atoms with E-state index in [4.69, 9.17) is 4.79 Å². The van der Waals surface area contributed by atoms with Gasteiger partial charge in [-0.25, -0.2) is 4.39 Å². The van der Waals surface area contributed by atoms with Crippen molar-refractivity contribution in [3.05, 3.63) is 35.1 Å². The van der Waals surface area contributed by atoms with E-state index in [0.29, 0.717) is 12.3 Å². The number of rotatable bonds is 9. The maximum absolute atomic E-state index is 13.0. The Labute approximate surface area is 153 Å². The Morgan fingerprint density at radius 2 is 1.80 bits per heavy atom. The van der Waals surface area contributed by atoms with E-state index in [1.54, 1.807) is 19.2 Å². The minimum Gasteiger partial charge on any atom is -0.385 e. The lowest BCUT2D eigenvalue weighted by Crippen LogP contribution is -2.05. The van der Waals surface area contributed by atoms with E-state index in [1.165, 1.54) is 12.5 Å². The molecule has 1 aromatic carbocycles. The second kappa shape index (κ2) is 18.8. The highest BCUT2D eigenvalue weighted by Gasteiger charge is 2.09. The Bertz CT molecular complexity index is 445. The minimum absolute atomic E-state index is 0.157. The van der Waals surface area contributed by atoms with E-state index in [1.807, 2.05) is 19.9 Å². The SMILES string of the molecule is CC=O.CCC(CCCCC=O)Cc1ccc(F)cc1C.CCOC. The lowest BCUT2D eigenvalue weighted by atomic mass is 9.90. The normalized spacial score (nSPS) is 10.6. The Balaban J connectivity index is 0. The fraction of sp³-hybridized carbons (Fsp3) is 0.619. The highest BCUT2D eigenvalue weighted by Crippen LogP contribution is 2.21. The van der Waals surface area contributed by atoms with Gasteiger partial charge in [-0.3, -0.25) is 0 Å². The molecular formula is C21H35FO3. The lowest BCUT2D eigenvalue weighted by molar-refractivity contribution is -0.108. The van der Waals surface area contributed by atoms with Gasteiger partial charge in [-0.2, -0.15) is 0 Å². The van der Waals surface area contributed by atoms with Crippen LogP contribution in [0.3, 0.4) is 0 Å². The van der Waals surface area contributed by atoms with Crippen molar-refractivity contribution < 1.29 is 18.7 Å². The maximum Gasteiger partial charge on any atom is 0.123 e. The molecule has 25 heavy (non-hydrogen) atoms. The fourth-order valence-electron chi connectivity index (χ4n) is 2.31. The number of benzene rings is 1. The molecule has 3 nitrogen and oxygen atoms in total. The van der Waals surface area contributed by atoms with Crippen LogP contribution in [-0.4, -0.2) is 26.3 Å². The van der Waals surface area contributed by atoms with Gasteiger partial charge >= 0.3 is 0 Å². The number of carbonyl (C=O) groups excluding carboxylic acids is 2. The summed E-state index contributed by atoms with van der Waals surface area (Å²) in [7, 11) is 1.68. The van der Waals surface area contributed by atoms with Gasteiger partial charge in [0.2, 0.25) is 0 Å². The van der Waals surface area contributed by atoms with E-state index in [-0.39, 0.29) is 5.82 Å². The van der Waals surface area contributed by atoms with Gasteiger partial charge in [0.25, 0.3) is 0 Å². The van der Waals surface area contributed by atoms with E-state index >= 15 is 0 Å². The first kappa shape index (κ1) is 25.7. The molecular weight excluding hydrogens is 319 g/mol. The Morgan fingerprint density at radius 3 is 2.24 bits per heavy atom. The Morgan fingerprint density at radius 1 is 1.20 bits per heavy atom. The highest BCUT2D eigenvalue weighted by atomic mass is 19.1. The van der Waals surface area contributed by atoms with Crippen molar-refractivity contribution in [2.75, 3.05) is 13.7 Å². The molecule has 1 rings (SSSR count). The van der Waals surface area contributed by atoms with Crippen LogP contribution in [0.2, 0.25) is 0 Å². The molecule has 144 valence electrons. The molecule has 0 spiro atoms. The number of methoxy groups -OCH3 is 1. The molecule has 1 aromatic rings. The molecule has 0 N–H and O–H groups in total. The minimum atomic E-state index is -0.157. The van der Waals surface area contributed by atoms with Crippen LogP contribution in [-0.2, 0) is 20.7 Å². The van der Waals surface area contributed by atoms with Gasteiger partial charge in [-0.05, 0) is 62.8 Å². The maximum atomic E-state index is 13.0. The largest absolute Gasteiger partial charge is 0.385 e. The van der Waals surface area contributed by atoms with Gasteiger partial charge in [0.15, 0.2) is 0 Å². The third kappa shape index (κ3) is 15.7. The van der Waals surface area contributed by atoms with Crippen LogP contribution in [0.5, 0.6) is 0 Å². The van der Waals surface area contributed by atoms with Crippen LogP contribution in [0.25, 0.3) is 0 Å². The summed E-state index contributed by atoms with van der Waals surface area (Å²) in [6.07, 6.45) is 7.82. The molecule has 1 unspecified atom stereocenters. The predicted molar refractivity (Wildman–Crippen MR) is 102 cm³/mol. The second-order valence-electron chi connectivity index (χ2n) is 5.81. The van der Waals surface area contributed by atoms with Crippen molar-refractivity contribution in [1.82, 2.24) is 0 Å². The Hall–Kier alpha value is -1.55. The first-order valence-electron chi connectivity index (χ1n) is 9.07. The molecule has 0 fully saturated rings. The van der Waals surface area contributed by atoms with Crippen LogP contribution in [0.1, 0.15) is 64.0 Å². The first-order valence-corrected chi connectivity index (χ1v) is 9.07. The smallest absolute Gasteiger partial charge is 0.123 e. The average molecular weight is 355 g/mol. The third-order valence-corrected chi connectivity index (χ3v) is 3.86. The third-order valence-electron chi connectivity index (χ3n) is 3.86. The molecule has 0 aliphatic heterocycles. The van der Waals surface area contributed by atoms with Gasteiger partial charge in [0, 0.05) is 20.1 Å². The molecule has 0 bridgehead atoms. The molecule has 0 amide bonds. The molecule has 1 atom stereocenters. The Kier molecular flexibility index (Phi) is 19.3. The highest BCUT2D eigenvalue weighted by molar-refractivity contribution is 5.48. The van der Waals surface area contributed by atoms with E-state index in [9.17, 15) is 9.18 Å². The van der Waals surface area contributed by atoms with Crippen molar-refractivity contribution in [2.24, 2.45) is 5.92 Å². The summed E-state index contributed by atoms with van der Waals surface area (Å²) in [6, 6.07) is 5.05. The van der Waals surface area contributed by atoms with Crippen LogP contribution in [0.4, 0.5) is 4.39 Å². The zero-order valence-electron chi connectivity index (χ0n) is 16.5. The quantitative estimate of drug-likeness (QED) is 0.445. The number of aldehydes is 2. The van der Waals surface area contributed by atoms with E-state index < -0.39 is 0 Å². The predicted octanol–water partition coefficient (Wildman–Crippen LogP) is 5.32. The van der Waals surface area contributed by atoms with Gasteiger partial charge in [-0.15, -0.1) is 0 Å². The van der Waals surface area contributed by atoms with Crippen LogP contribution in [0, 0.1) is 18.7 Å². The molecule has 0 aliphatic rings. The van der Waals surface area contributed by atoms with Crippen molar-refractivity contribution in [3.8, 4) is 0 Å². The number of hydrogen-bond donors (Lipinski definition) is 0.